The van der Waals surface area contributed by atoms with Crippen LogP contribution in [0.1, 0.15) is 123 Å². The van der Waals surface area contributed by atoms with Gasteiger partial charge in [0.05, 0.1) is 0 Å². The Morgan fingerprint density at radius 1 is 0.594 bits per heavy atom. The van der Waals surface area contributed by atoms with Crippen molar-refractivity contribution in [3.8, 4) is 0 Å². The van der Waals surface area contributed by atoms with E-state index in [9.17, 15) is 4.79 Å². The standard InChI is InChI=1S/C28H57N3O/c1-4-6-8-10-12-13-15-18-22-30(21-17-14-11-9-7-5-2)23-19-16-20-28(32)31-26-24-29(3)25-27-31/h4-27H2,1-3H3. The van der Waals surface area contributed by atoms with Crippen molar-refractivity contribution >= 4 is 5.91 Å². The van der Waals surface area contributed by atoms with Crippen LogP contribution >= 0.6 is 0 Å². The summed E-state index contributed by atoms with van der Waals surface area (Å²) >= 11 is 0. The number of amides is 1. The largest absolute Gasteiger partial charge is 0.340 e. The van der Waals surface area contributed by atoms with Crippen LogP contribution in [0.3, 0.4) is 0 Å². The van der Waals surface area contributed by atoms with E-state index in [0.29, 0.717) is 5.91 Å². The Balaban J connectivity index is 2.18. The summed E-state index contributed by atoms with van der Waals surface area (Å²) in [6.07, 6.45) is 22.4. The van der Waals surface area contributed by atoms with Crippen LogP contribution in [0, 0.1) is 0 Å². The van der Waals surface area contributed by atoms with Gasteiger partial charge in [-0.3, -0.25) is 4.79 Å². The molecule has 32 heavy (non-hydrogen) atoms. The second kappa shape index (κ2) is 21.0. The third kappa shape index (κ3) is 16.1. The van der Waals surface area contributed by atoms with Crippen LogP contribution in [0.2, 0.25) is 0 Å². The first-order valence-corrected chi connectivity index (χ1v) is 14.4. The van der Waals surface area contributed by atoms with E-state index < -0.39 is 0 Å². The van der Waals surface area contributed by atoms with Gasteiger partial charge in [0.25, 0.3) is 0 Å². The highest BCUT2D eigenvalue weighted by molar-refractivity contribution is 5.76. The molecule has 0 atom stereocenters. The molecule has 1 saturated heterocycles. The predicted octanol–water partition coefficient (Wildman–Crippen LogP) is 6.73. The summed E-state index contributed by atoms with van der Waals surface area (Å²) in [5.74, 6) is 0.378. The molecule has 4 nitrogen and oxygen atoms in total. The van der Waals surface area contributed by atoms with Gasteiger partial charge in [-0.2, -0.15) is 0 Å². The van der Waals surface area contributed by atoms with Crippen molar-refractivity contribution in [2.24, 2.45) is 0 Å². The Labute approximate surface area is 201 Å². The molecule has 0 aromatic heterocycles. The summed E-state index contributed by atoms with van der Waals surface area (Å²) in [4.78, 5) is 19.6. The Hall–Kier alpha value is -0.610. The molecule has 0 N–H and O–H groups in total. The summed E-state index contributed by atoms with van der Waals surface area (Å²) < 4.78 is 0. The van der Waals surface area contributed by atoms with Crippen molar-refractivity contribution in [3.05, 3.63) is 0 Å². The molecule has 1 rings (SSSR count). The number of carbonyl (C=O) groups is 1. The smallest absolute Gasteiger partial charge is 0.222 e. The molecule has 0 radical (unpaired) electrons. The predicted molar refractivity (Wildman–Crippen MR) is 140 cm³/mol. The van der Waals surface area contributed by atoms with Crippen LogP contribution in [0.5, 0.6) is 0 Å². The fraction of sp³-hybridized carbons (Fsp3) is 0.964. The first-order chi connectivity index (χ1) is 15.7. The summed E-state index contributed by atoms with van der Waals surface area (Å²) in [6.45, 7) is 12.2. The maximum absolute atomic E-state index is 12.5. The normalized spacial score (nSPS) is 15.1. The fourth-order valence-electron chi connectivity index (χ4n) is 4.75. The minimum Gasteiger partial charge on any atom is -0.340 e. The van der Waals surface area contributed by atoms with Gasteiger partial charge in [-0.15, -0.1) is 0 Å². The monoisotopic (exact) mass is 451 g/mol. The molecule has 1 fully saturated rings. The van der Waals surface area contributed by atoms with Crippen LogP contribution < -0.4 is 0 Å². The van der Waals surface area contributed by atoms with Gasteiger partial charge in [0.15, 0.2) is 0 Å². The SMILES string of the molecule is CCCCCCCCCCN(CCCCCCCC)CCCCC(=O)N1CCN(C)CC1. The minimum atomic E-state index is 0.378. The number of rotatable bonds is 21. The van der Waals surface area contributed by atoms with Gasteiger partial charge in [-0.1, -0.05) is 90.9 Å². The lowest BCUT2D eigenvalue weighted by Crippen LogP contribution is -2.47. The molecule has 4 heteroatoms. The first kappa shape index (κ1) is 29.4. The molecule has 0 aromatic carbocycles. The van der Waals surface area contributed by atoms with Crippen LogP contribution in [-0.2, 0) is 4.79 Å². The Kier molecular flexibility index (Phi) is 19.3. The molecule has 1 aliphatic heterocycles. The lowest BCUT2D eigenvalue weighted by atomic mass is 10.1. The molecule has 0 spiro atoms. The summed E-state index contributed by atoms with van der Waals surface area (Å²) in [5, 5.41) is 0. The number of hydrogen-bond acceptors (Lipinski definition) is 3. The summed E-state index contributed by atoms with van der Waals surface area (Å²) in [6, 6.07) is 0. The van der Waals surface area contributed by atoms with E-state index in [0.717, 1.165) is 39.0 Å². The lowest BCUT2D eigenvalue weighted by molar-refractivity contribution is -0.132. The fourth-order valence-corrected chi connectivity index (χ4v) is 4.75. The number of piperazine rings is 1. The van der Waals surface area contributed by atoms with Crippen molar-refractivity contribution in [1.29, 1.82) is 0 Å². The van der Waals surface area contributed by atoms with Crippen molar-refractivity contribution in [2.75, 3.05) is 52.9 Å². The van der Waals surface area contributed by atoms with Gasteiger partial charge in [0, 0.05) is 32.6 Å². The molecule has 0 bridgehead atoms. The molecular formula is C28H57N3O. The molecule has 0 aliphatic carbocycles. The van der Waals surface area contributed by atoms with Crippen LogP contribution in [0.4, 0.5) is 0 Å². The maximum Gasteiger partial charge on any atom is 0.222 e. The quantitative estimate of drug-likeness (QED) is 0.181. The van der Waals surface area contributed by atoms with Gasteiger partial charge in [0.1, 0.15) is 0 Å². The lowest BCUT2D eigenvalue weighted by Gasteiger charge is -2.32. The Morgan fingerprint density at radius 2 is 1.00 bits per heavy atom. The number of unbranched alkanes of at least 4 members (excludes halogenated alkanes) is 13. The zero-order valence-electron chi connectivity index (χ0n) is 22.2. The number of hydrogen-bond donors (Lipinski definition) is 0. The molecule has 1 amide bonds. The molecular weight excluding hydrogens is 394 g/mol. The Bertz CT molecular complexity index is 421. The number of carbonyl (C=O) groups excluding carboxylic acids is 1. The summed E-state index contributed by atoms with van der Waals surface area (Å²) in [7, 11) is 2.15. The topological polar surface area (TPSA) is 26.8 Å². The van der Waals surface area contributed by atoms with Crippen molar-refractivity contribution in [3.63, 3.8) is 0 Å². The average Bonchev–Trinajstić information content (AvgIpc) is 2.80. The second-order valence-electron chi connectivity index (χ2n) is 10.2. The van der Waals surface area contributed by atoms with Crippen LogP contribution in [0.15, 0.2) is 0 Å². The molecule has 190 valence electrons. The highest BCUT2D eigenvalue weighted by atomic mass is 16.2. The van der Waals surface area contributed by atoms with Gasteiger partial charge >= 0.3 is 0 Å². The van der Waals surface area contributed by atoms with Gasteiger partial charge in [-0.25, -0.2) is 0 Å². The highest BCUT2D eigenvalue weighted by Gasteiger charge is 2.18. The third-order valence-electron chi connectivity index (χ3n) is 7.13. The number of likely N-dealkylation sites (N-methyl/N-ethyl adjacent to an activating group) is 1. The Morgan fingerprint density at radius 3 is 1.47 bits per heavy atom. The van der Waals surface area contributed by atoms with E-state index in [1.54, 1.807) is 0 Å². The van der Waals surface area contributed by atoms with E-state index in [-0.39, 0.29) is 0 Å². The summed E-state index contributed by atoms with van der Waals surface area (Å²) in [5.41, 5.74) is 0. The molecule has 1 heterocycles. The van der Waals surface area contributed by atoms with E-state index in [1.807, 2.05) is 0 Å². The maximum atomic E-state index is 12.5. The van der Waals surface area contributed by atoms with Crippen LogP contribution in [-0.4, -0.2) is 73.5 Å². The van der Waals surface area contributed by atoms with Crippen LogP contribution in [0.25, 0.3) is 0 Å². The van der Waals surface area contributed by atoms with E-state index >= 15 is 0 Å². The molecule has 0 saturated carbocycles. The zero-order chi connectivity index (χ0) is 23.3. The van der Waals surface area contributed by atoms with Crippen molar-refractivity contribution in [1.82, 2.24) is 14.7 Å². The van der Waals surface area contributed by atoms with E-state index in [4.69, 9.17) is 0 Å². The first-order valence-electron chi connectivity index (χ1n) is 14.4. The third-order valence-corrected chi connectivity index (χ3v) is 7.13. The minimum absolute atomic E-state index is 0.378. The van der Waals surface area contributed by atoms with E-state index in [2.05, 4.69) is 35.6 Å². The van der Waals surface area contributed by atoms with Crippen molar-refractivity contribution < 1.29 is 4.79 Å². The number of nitrogens with zero attached hydrogens (tertiary/aromatic N) is 3. The van der Waals surface area contributed by atoms with Gasteiger partial charge < -0.3 is 14.7 Å². The van der Waals surface area contributed by atoms with Crippen molar-refractivity contribution in [2.45, 2.75) is 123 Å². The van der Waals surface area contributed by atoms with Gasteiger partial charge in [0.2, 0.25) is 5.91 Å². The zero-order valence-corrected chi connectivity index (χ0v) is 22.2. The van der Waals surface area contributed by atoms with Gasteiger partial charge in [-0.05, 0) is 52.4 Å². The molecule has 1 aliphatic rings. The average molecular weight is 452 g/mol. The van der Waals surface area contributed by atoms with E-state index in [1.165, 1.54) is 116 Å². The molecule has 0 aromatic rings. The molecule has 0 unspecified atom stereocenters. The second-order valence-corrected chi connectivity index (χ2v) is 10.2. The highest BCUT2D eigenvalue weighted by Crippen LogP contribution is 2.12.